The molecule has 0 unspecified atom stereocenters. The molecule has 2 aromatic carbocycles. The van der Waals surface area contributed by atoms with Gasteiger partial charge in [-0.3, -0.25) is 4.99 Å². The summed E-state index contributed by atoms with van der Waals surface area (Å²) in [6, 6.07) is 16.9. The van der Waals surface area contributed by atoms with E-state index in [2.05, 4.69) is 71.1 Å². The molecule has 0 aliphatic heterocycles. The van der Waals surface area contributed by atoms with E-state index in [9.17, 15) is 0 Å². The molecule has 0 saturated heterocycles. The number of nitrogens with one attached hydrogen (secondary N) is 2. The van der Waals surface area contributed by atoms with Crippen LogP contribution in [0.4, 0.5) is 0 Å². The van der Waals surface area contributed by atoms with E-state index in [0.29, 0.717) is 6.61 Å². The maximum atomic E-state index is 5.13. The normalized spacial score (nSPS) is 10.9. The van der Waals surface area contributed by atoms with Crippen LogP contribution in [0, 0.1) is 0 Å². The molecular formula is C20H28IN3O. The van der Waals surface area contributed by atoms with Crippen LogP contribution in [0.5, 0.6) is 0 Å². The lowest BCUT2D eigenvalue weighted by molar-refractivity contribution is 0.185. The first kappa shape index (κ1) is 21.4. The molecule has 0 bridgehead atoms. The molecule has 0 aromatic heterocycles. The van der Waals surface area contributed by atoms with E-state index in [0.717, 1.165) is 25.5 Å². The second-order valence-corrected chi connectivity index (χ2v) is 5.65. The van der Waals surface area contributed by atoms with Crippen molar-refractivity contribution in [3.8, 4) is 0 Å². The Kier molecular flexibility index (Phi) is 10.2. The smallest absolute Gasteiger partial charge is 0.191 e. The molecule has 0 atom stereocenters. The number of aryl methyl sites for hydroxylation is 1. The van der Waals surface area contributed by atoms with Gasteiger partial charge in [-0.1, -0.05) is 55.5 Å². The first-order chi connectivity index (χ1) is 11.8. The summed E-state index contributed by atoms with van der Waals surface area (Å²) in [6.45, 7) is 4.34. The van der Waals surface area contributed by atoms with Crippen LogP contribution in [0.1, 0.15) is 29.2 Å². The number of rotatable bonds is 7. The minimum Gasteiger partial charge on any atom is -0.380 e. The number of hydrogen-bond acceptors (Lipinski definition) is 2. The number of nitrogens with zero attached hydrogens (tertiary/aromatic N) is 1. The van der Waals surface area contributed by atoms with E-state index in [-0.39, 0.29) is 24.0 Å². The monoisotopic (exact) mass is 453 g/mol. The van der Waals surface area contributed by atoms with Crippen molar-refractivity contribution in [1.29, 1.82) is 0 Å². The van der Waals surface area contributed by atoms with E-state index < -0.39 is 0 Å². The van der Waals surface area contributed by atoms with Gasteiger partial charge in [-0.05, 0) is 28.7 Å². The molecule has 2 aromatic rings. The van der Waals surface area contributed by atoms with Crippen LogP contribution in [0.3, 0.4) is 0 Å². The van der Waals surface area contributed by atoms with Crippen LogP contribution < -0.4 is 10.6 Å². The van der Waals surface area contributed by atoms with Gasteiger partial charge in [-0.25, -0.2) is 0 Å². The zero-order valence-corrected chi connectivity index (χ0v) is 17.5. The number of aliphatic imine (C=N–C) groups is 1. The third kappa shape index (κ3) is 7.04. The van der Waals surface area contributed by atoms with Crippen molar-refractivity contribution in [2.45, 2.75) is 33.0 Å². The average molecular weight is 453 g/mol. The minimum absolute atomic E-state index is 0. The summed E-state index contributed by atoms with van der Waals surface area (Å²) in [6.07, 6.45) is 1.04. The van der Waals surface area contributed by atoms with Crippen molar-refractivity contribution in [1.82, 2.24) is 10.6 Å². The van der Waals surface area contributed by atoms with E-state index >= 15 is 0 Å². The zero-order valence-electron chi connectivity index (χ0n) is 15.2. The van der Waals surface area contributed by atoms with Gasteiger partial charge in [0.05, 0.1) is 6.61 Å². The lowest BCUT2D eigenvalue weighted by atomic mass is 10.1. The molecule has 0 heterocycles. The fourth-order valence-electron chi connectivity index (χ4n) is 2.58. The zero-order chi connectivity index (χ0) is 17.2. The maximum Gasteiger partial charge on any atom is 0.191 e. The summed E-state index contributed by atoms with van der Waals surface area (Å²) < 4.78 is 5.13. The van der Waals surface area contributed by atoms with Crippen molar-refractivity contribution in [2.75, 3.05) is 14.2 Å². The number of ether oxygens (including phenoxy) is 1. The molecule has 0 amide bonds. The fourth-order valence-corrected chi connectivity index (χ4v) is 2.58. The van der Waals surface area contributed by atoms with E-state index in [1.807, 2.05) is 0 Å². The van der Waals surface area contributed by atoms with Gasteiger partial charge in [0.2, 0.25) is 0 Å². The molecule has 25 heavy (non-hydrogen) atoms. The SMILES string of the molecule is CCc1ccccc1CNC(=NC)NCc1ccc(COC)cc1.I. The van der Waals surface area contributed by atoms with Crippen molar-refractivity contribution in [2.24, 2.45) is 4.99 Å². The van der Waals surface area contributed by atoms with Gasteiger partial charge in [0, 0.05) is 27.2 Å². The van der Waals surface area contributed by atoms with Crippen LogP contribution in [-0.2, 0) is 30.9 Å². The molecule has 0 saturated carbocycles. The van der Waals surface area contributed by atoms with Gasteiger partial charge in [0.25, 0.3) is 0 Å². The number of methoxy groups -OCH3 is 1. The minimum atomic E-state index is 0. The lowest BCUT2D eigenvalue weighted by Crippen LogP contribution is -2.36. The van der Waals surface area contributed by atoms with Crippen molar-refractivity contribution < 1.29 is 4.74 Å². The standard InChI is InChI=1S/C20H27N3O.HI/c1-4-18-7-5-6-8-19(18)14-23-20(21-2)22-13-16-9-11-17(12-10-16)15-24-3;/h5-12H,4,13-15H2,1-3H3,(H2,21,22,23);1H. The second-order valence-electron chi connectivity index (χ2n) is 5.65. The van der Waals surface area contributed by atoms with E-state index in [4.69, 9.17) is 4.74 Å². The quantitative estimate of drug-likeness (QED) is 0.380. The summed E-state index contributed by atoms with van der Waals surface area (Å²) in [4.78, 5) is 4.30. The van der Waals surface area contributed by atoms with Gasteiger partial charge in [0.1, 0.15) is 0 Å². The van der Waals surface area contributed by atoms with Gasteiger partial charge >= 0.3 is 0 Å². The summed E-state index contributed by atoms with van der Waals surface area (Å²) >= 11 is 0. The summed E-state index contributed by atoms with van der Waals surface area (Å²) in [5, 5.41) is 6.73. The van der Waals surface area contributed by atoms with Gasteiger partial charge in [-0.15, -0.1) is 24.0 Å². The summed E-state index contributed by atoms with van der Waals surface area (Å²) in [7, 11) is 3.50. The number of guanidine groups is 1. The highest BCUT2D eigenvalue weighted by atomic mass is 127. The molecule has 136 valence electrons. The molecule has 2 rings (SSSR count). The Morgan fingerprint density at radius 2 is 1.52 bits per heavy atom. The number of halogens is 1. The first-order valence-corrected chi connectivity index (χ1v) is 8.34. The molecule has 5 heteroatoms. The summed E-state index contributed by atoms with van der Waals surface area (Å²) in [5.41, 5.74) is 5.08. The third-order valence-electron chi connectivity index (χ3n) is 3.96. The van der Waals surface area contributed by atoms with Crippen LogP contribution in [0.2, 0.25) is 0 Å². The molecule has 4 nitrogen and oxygen atoms in total. The predicted molar refractivity (Wildman–Crippen MR) is 115 cm³/mol. The Morgan fingerprint density at radius 3 is 2.12 bits per heavy atom. The van der Waals surface area contributed by atoms with Crippen LogP contribution in [0.15, 0.2) is 53.5 Å². The Labute approximate surface area is 168 Å². The average Bonchev–Trinajstić information content (AvgIpc) is 2.63. The molecule has 2 N–H and O–H groups in total. The Balaban J connectivity index is 0.00000312. The van der Waals surface area contributed by atoms with E-state index in [1.54, 1.807) is 14.2 Å². The van der Waals surface area contributed by atoms with Gasteiger partial charge < -0.3 is 15.4 Å². The first-order valence-electron chi connectivity index (χ1n) is 8.34. The van der Waals surface area contributed by atoms with Crippen LogP contribution in [0.25, 0.3) is 0 Å². The molecule has 0 aliphatic carbocycles. The third-order valence-corrected chi connectivity index (χ3v) is 3.96. The van der Waals surface area contributed by atoms with Crippen LogP contribution >= 0.6 is 24.0 Å². The lowest BCUT2D eigenvalue weighted by Gasteiger charge is -2.14. The predicted octanol–water partition coefficient (Wildman–Crippen LogP) is 3.88. The van der Waals surface area contributed by atoms with Crippen molar-refractivity contribution in [3.05, 3.63) is 70.8 Å². The molecule has 0 aliphatic rings. The van der Waals surface area contributed by atoms with E-state index in [1.165, 1.54) is 22.3 Å². The van der Waals surface area contributed by atoms with Crippen molar-refractivity contribution >= 4 is 29.9 Å². The maximum absolute atomic E-state index is 5.13. The molecule has 0 fully saturated rings. The fraction of sp³-hybridized carbons (Fsp3) is 0.350. The second kappa shape index (κ2) is 11.9. The van der Waals surface area contributed by atoms with Gasteiger partial charge in [-0.2, -0.15) is 0 Å². The van der Waals surface area contributed by atoms with Crippen LogP contribution in [-0.4, -0.2) is 20.1 Å². The topological polar surface area (TPSA) is 45.7 Å². The highest BCUT2D eigenvalue weighted by Gasteiger charge is 2.02. The Hall–Kier alpha value is -1.60. The number of hydrogen-bond donors (Lipinski definition) is 2. The molecular weight excluding hydrogens is 425 g/mol. The highest BCUT2D eigenvalue weighted by Crippen LogP contribution is 2.09. The summed E-state index contributed by atoms with van der Waals surface area (Å²) in [5.74, 6) is 0.807. The molecule has 0 spiro atoms. The highest BCUT2D eigenvalue weighted by molar-refractivity contribution is 14.0. The Bertz CT molecular complexity index is 656. The van der Waals surface area contributed by atoms with Crippen molar-refractivity contribution in [3.63, 3.8) is 0 Å². The number of benzene rings is 2. The Morgan fingerprint density at radius 1 is 0.920 bits per heavy atom. The largest absolute Gasteiger partial charge is 0.380 e. The van der Waals surface area contributed by atoms with Gasteiger partial charge in [0.15, 0.2) is 5.96 Å². The molecule has 0 radical (unpaired) electrons.